The number of aromatic carboxylic acids is 1. The van der Waals surface area contributed by atoms with E-state index in [1.54, 1.807) is 0 Å². The fourth-order valence-corrected chi connectivity index (χ4v) is 3.31. The molecule has 0 bridgehead atoms. The Morgan fingerprint density at radius 1 is 1.32 bits per heavy atom. The van der Waals surface area contributed by atoms with Gasteiger partial charge < -0.3 is 9.52 Å². The molecular formula is C12H17NO5S. The van der Waals surface area contributed by atoms with Crippen molar-refractivity contribution in [3.8, 4) is 0 Å². The molecule has 1 heterocycles. The van der Waals surface area contributed by atoms with Gasteiger partial charge in [-0.25, -0.2) is 17.9 Å². The summed E-state index contributed by atoms with van der Waals surface area (Å²) in [5, 5.41) is 8.34. The first-order chi connectivity index (χ1) is 8.99. The quantitative estimate of drug-likeness (QED) is 0.861. The van der Waals surface area contributed by atoms with E-state index in [1.165, 1.54) is 6.42 Å². The van der Waals surface area contributed by atoms with Gasteiger partial charge in [0.25, 0.3) is 10.0 Å². The molecule has 0 aliphatic heterocycles. The summed E-state index contributed by atoms with van der Waals surface area (Å²) < 4.78 is 31.1. The zero-order chi connectivity index (χ0) is 13.9. The number of furan rings is 1. The molecule has 2 rings (SSSR count). The molecule has 6 nitrogen and oxygen atoms in total. The Kier molecular flexibility index (Phi) is 4.26. The minimum absolute atomic E-state index is 0.347. The number of rotatable bonds is 5. The van der Waals surface area contributed by atoms with E-state index in [0.717, 1.165) is 37.8 Å². The number of carboxylic acid groups (broad SMARTS) is 1. The van der Waals surface area contributed by atoms with Gasteiger partial charge in [0.05, 0.1) is 0 Å². The van der Waals surface area contributed by atoms with Crippen LogP contribution in [0.15, 0.2) is 21.6 Å². The Morgan fingerprint density at radius 3 is 2.58 bits per heavy atom. The minimum atomic E-state index is -3.75. The number of hydrogen-bond acceptors (Lipinski definition) is 4. The molecule has 0 aromatic carbocycles. The lowest BCUT2D eigenvalue weighted by Crippen LogP contribution is -2.30. The van der Waals surface area contributed by atoms with Crippen molar-refractivity contribution in [2.75, 3.05) is 6.54 Å². The first-order valence-electron chi connectivity index (χ1n) is 6.32. The van der Waals surface area contributed by atoms with Gasteiger partial charge in [-0.2, -0.15) is 0 Å². The molecule has 0 amide bonds. The summed E-state index contributed by atoms with van der Waals surface area (Å²) >= 11 is 0. The molecule has 1 aromatic rings. The average Bonchev–Trinajstić information content (AvgIpc) is 2.88. The molecule has 106 valence electrons. The summed E-state index contributed by atoms with van der Waals surface area (Å²) in [5.41, 5.74) is 0. The van der Waals surface area contributed by atoms with Crippen LogP contribution in [0.3, 0.4) is 0 Å². The van der Waals surface area contributed by atoms with Crippen molar-refractivity contribution in [1.82, 2.24) is 4.72 Å². The van der Waals surface area contributed by atoms with Crippen LogP contribution < -0.4 is 4.72 Å². The number of hydrogen-bond donors (Lipinski definition) is 2. The van der Waals surface area contributed by atoms with Crippen molar-refractivity contribution >= 4 is 16.0 Å². The monoisotopic (exact) mass is 287 g/mol. The molecule has 1 aliphatic rings. The van der Waals surface area contributed by atoms with E-state index in [0.29, 0.717) is 12.5 Å². The summed E-state index contributed by atoms with van der Waals surface area (Å²) in [6.45, 7) is 0.380. The van der Waals surface area contributed by atoms with E-state index in [9.17, 15) is 13.2 Å². The van der Waals surface area contributed by atoms with Gasteiger partial charge in [0.1, 0.15) is 0 Å². The van der Waals surface area contributed by atoms with Crippen molar-refractivity contribution in [2.45, 2.75) is 37.2 Å². The van der Waals surface area contributed by atoms with Gasteiger partial charge >= 0.3 is 5.97 Å². The average molecular weight is 287 g/mol. The van der Waals surface area contributed by atoms with Gasteiger partial charge in [0, 0.05) is 6.54 Å². The van der Waals surface area contributed by atoms with Crippen LogP contribution in [0.25, 0.3) is 0 Å². The highest BCUT2D eigenvalue weighted by Gasteiger charge is 2.22. The number of carboxylic acids is 1. The Hall–Kier alpha value is -1.34. The molecule has 0 atom stereocenters. The Labute approximate surface area is 111 Å². The van der Waals surface area contributed by atoms with Crippen LogP contribution in [0.5, 0.6) is 0 Å². The third-order valence-corrected chi connectivity index (χ3v) is 4.64. The van der Waals surface area contributed by atoms with Gasteiger partial charge in [-0.15, -0.1) is 0 Å². The summed E-state index contributed by atoms with van der Waals surface area (Å²) in [4.78, 5) is 10.6. The largest absolute Gasteiger partial charge is 0.475 e. The fraction of sp³-hybridized carbons (Fsp3) is 0.583. The van der Waals surface area contributed by atoms with Crippen LogP contribution in [0, 0.1) is 5.92 Å². The standard InChI is InChI=1S/C12H17NO5S/c14-12(15)10-6-7-11(18-10)19(16,17)13-8-9-4-2-1-3-5-9/h6-7,9,13H,1-5,8H2,(H,14,15). The minimum Gasteiger partial charge on any atom is -0.475 e. The third-order valence-electron chi connectivity index (χ3n) is 3.34. The Bertz CT molecular complexity index is 542. The van der Waals surface area contributed by atoms with Gasteiger partial charge in [-0.1, -0.05) is 19.3 Å². The second-order valence-corrected chi connectivity index (χ2v) is 6.48. The summed E-state index contributed by atoms with van der Waals surface area (Å²) in [6.07, 6.45) is 5.54. The summed E-state index contributed by atoms with van der Waals surface area (Å²) in [6, 6.07) is 2.30. The smallest absolute Gasteiger partial charge is 0.371 e. The third kappa shape index (κ3) is 3.57. The van der Waals surface area contributed by atoms with Crippen molar-refractivity contribution < 1.29 is 22.7 Å². The van der Waals surface area contributed by atoms with Crippen LogP contribution >= 0.6 is 0 Å². The maximum absolute atomic E-state index is 11.9. The molecule has 1 aliphatic carbocycles. The molecule has 2 N–H and O–H groups in total. The van der Waals surface area contributed by atoms with Crippen LogP contribution in [0.2, 0.25) is 0 Å². The van der Waals surface area contributed by atoms with Crippen molar-refractivity contribution in [2.24, 2.45) is 5.92 Å². The Balaban J connectivity index is 1.98. The lowest BCUT2D eigenvalue weighted by molar-refractivity contribution is 0.0656. The van der Waals surface area contributed by atoms with E-state index >= 15 is 0 Å². The predicted octanol–water partition coefficient (Wildman–Crippen LogP) is 1.84. The van der Waals surface area contributed by atoms with Crippen LogP contribution in [-0.2, 0) is 10.0 Å². The molecule has 0 unspecified atom stereocenters. The van der Waals surface area contributed by atoms with E-state index in [-0.39, 0.29) is 10.9 Å². The predicted molar refractivity (Wildman–Crippen MR) is 67.4 cm³/mol. The second kappa shape index (κ2) is 5.75. The molecule has 19 heavy (non-hydrogen) atoms. The molecule has 7 heteroatoms. The van der Waals surface area contributed by atoms with Gasteiger partial charge in [-0.05, 0) is 30.9 Å². The molecular weight excluding hydrogens is 270 g/mol. The second-order valence-electron chi connectivity index (χ2n) is 4.78. The van der Waals surface area contributed by atoms with Crippen LogP contribution in [0.4, 0.5) is 0 Å². The molecule has 0 radical (unpaired) electrons. The normalized spacial score (nSPS) is 17.5. The molecule has 0 spiro atoms. The lowest BCUT2D eigenvalue weighted by Gasteiger charge is -2.21. The van der Waals surface area contributed by atoms with Gasteiger partial charge in [-0.3, -0.25) is 0 Å². The highest BCUT2D eigenvalue weighted by atomic mass is 32.2. The Morgan fingerprint density at radius 2 is 2.00 bits per heavy atom. The van der Waals surface area contributed by atoms with Crippen LogP contribution in [-0.4, -0.2) is 26.0 Å². The van der Waals surface area contributed by atoms with Crippen molar-refractivity contribution in [1.29, 1.82) is 0 Å². The zero-order valence-corrected chi connectivity index (χ0v) is 11.3. The maximum Gasteiger partial charge on any atom is 0.371 e. The van der Waals surface area contributed by atoms with E-state index < -0.39 is 16.0 Å². The van der Waals surface area contributed by atoms with E-state index in [1.807, 2.05) is 0 Å². The summed E-state index contributed by atoms with van der Waals surface area (Å²) in [5.74, 6) is -1.30. The van der Waals surface area contributed by atoms with Gasteiger partial charge in [0.15, 0.2) is 0 Å². The molecule has 1 aromatic heterocycles. The first kappa shape index (κ1) is 14.1. The first-order valence-corrected chi connectivity index (χ1v) is 7.80. The van der Waals surface area contributed by atoms with Gasteiger partial charge in [0.2, 0.25) is 10.9 Å². The SMILES string of the molecule is O=C(O)c1ccc(S(=O)(=O)NCC2CCCCC2)o1. The molecule has 1 fully saturated rings. The van der Waals surface area contributed by atoms with Crippen LogP contribution in [0.1, 0.15) is 42.7 Å². The highest BCUT2D eigenvalue weighted by Crippen LogP contribution is 2.23. The summed E-state index contributed by atoms with van der Waals surface area (Å²) in [7, 11) is -3.75. The number of carbonyl (C=O) groups is 1. The van der Waals surface area contributed by atoms with E-state index in [2.05, 4.69) is 4.72 Å². The van der Waals surface area contributed by atoms with Crippen molar-refractivity contribution in [3.63, 3.8) is 0 Å². The van der Waals surface area contributed by atoms with E-state index in [4.69, 9.17) is 9.52 Å². The fourth-order valence-electron chi connectivity index (χ4n) is 2.27. The highest BCUT2D eigenvalue weighted by molar-refractivity contribution is 7.89. The topological polar surface area (TPSA) is 96.6 Å². The number of sulfonamides is 1. The molecule has 0 saturated heterocycles. The maximum atomic E-state index is 11.9. The molecule has 1 saturated carbocycles. The zero-order valence-electron chi connectivity index (χ0n) is 10.5. The van der Waals surface area contributed by atoms with Crippen molar-refractivity contribution in [3.05, 3.63) is 17.9 Å². The lowest BCUT2D eigenvalue weighted by atomic mass is 9.90. The number of nitrogens with one attached hydrogen (secondary N) is 1.